The van der Waals surface area contributed by atoms with E-state index in [2.05, 4.69) is 14.5 Å². The van der Waals surface area contributed by atoms with Crippen LogP contribution in [0.3, 0.4) is 0 Å². The van der Waals surface area contributed by atoms with Crippen LogP contribution in [0.25, 0.3) is 0 Å². The molecular formula is C14H22N4O3S. The van der Waals surface area contributed by atoms with Gasteiger partial charge in [-0.1, -0.05) is 4.49 Å². The van der Waals surface area contributed by atoms with Crippen LogP contribution in [0.15, 0.2) is 0 Å². The van der Waals surface area contributed by atoms with Crippen LogP contribution in [-0.4, -0.2) is 81.9 Å². The van der Waals surface area contributed by atoms with Crippen molar-refractivity contribution in [3.05, 3.63) is 10.6 Å². The third-order valence-electron chi connectivity index (χ3n) is 4.21. The molecular weight excluding hydrogens is 304 g/mol. The number of rotatable bonds is 3. The number of aryl methyl sites for hydroxylation is 1. The van der Waals surface area contributed by atoms with Gasteiger partial charge in [-0.05, 0) is 44.4 Å². The van der Waals surface area contributed by atoms with E-state index in [9.17, 15) is 9.90 Å². The highest BCUT2D eigenvalue weighted by atomic mass is 32.1. The van der Waals surface area contributed by atoms with Gasteiger partial charge >= 0.3 is 0 Å². The van der Waals surface area contributed by atoms with Gasteiger partial charge in [0.1, 0.15) is 10.5 Å². The lowest BCUT2D eigenvalue weighted by Gasteiger charge is -2.33. The summed E-state index contributed by atoms with van der Waals surface area (Å²) < 4.78 is 9.37. The second-order valence-corrected chi connectivity index (χ2v) is 6.93. The Balaban J connectivity index is 1.71. The van der Waals surface area contributed by atoms with Gasteiger partial charge < -0.3 is 19.6 Å². The van der Waals surface area contributed by atoms with Crippen molar-refractivity contribution in [1.29, 1.82) is 0 Å². The Morgan fingerprint density at radius 3 is 2.86 bits per heavy atom. The Hall–Kier alpha value is -1.09. The topological polar surface area (TPSA) is 78.8 Å². The fourth-order valence-electron chi connectivity index (χ4n) is 3.11. The van der Waals surface area contributed by atoms with Crippen LogP contribution in [0.4, 0.5) is 0 Å². The molecule has 1 N–H and O–H groups in total. The third kappa shape index (κ3) is 3.45. The van der Waals surface area contributed by atoms with Gasteiger partial charge in [0.15, 0.2) is 0 Å². The van der Waals surface area contributed by atoms with Crippen LogP contribution in [0.2, 0.25) is 0 Å². The molecule has 8 heteroatoms. The maximum atomic E-state index is 12.6. The predicted octanol–water partition coefficient (Wildman–Crippen LogP) is 0.146. The molecule has 0 aromatic carbocycles. The number of ether oxygens (including phenoxy) is 1. The molecule has 7 nitrogen and oxygen atoms in total. The van der Waals surface area contributed by atoms with E-state index in [0.29, 0.717) is 36.8 Å². The smallest absolute Gasteiger partial charge is 0.267 e. The number of β-amino-alcohol motifs (C(OH)–C–C–N with tert-alkyl or cyclic N) is 1. The molecule has 0 aliphatic carbocycles. The zero-order valence-electron chi connectivity index (χ0n) is 12.8. The lowest BCUT2D eigenvalue weighted by Crippen LogP contribution is -2.53. The minimum absolute atomic E-state index is 0.113. The van der Waals surface area contributed by atoms with E-state index in [1.165, 1.54) is 12.8 Å². The number of hydrogen-bond acceptors (Lipinski definition) is 7. The summed E-state index contributed by atoms with van der Waals surface area (Å²) in [6.45, 7) is 5.84. The summed E-state index contributed by atoms with van der Waals surface area (Å²) in [4.78, 5) is 17.1. The monoisotopic (exact) mass is 326 g/mol. The van der Waals surface area contributed by atoms with Gasteiger partial charge in [0.25, 0.3) is 5.91 Å². The van der Waals surface area contributed by atoms with Gasteiger partial charge in [-0.15, -0.1) is 5.10 Å². The molecule has 22 heavy (non-hydrogen) atoms. The van der Waals surface area contributed by atoms with Gasteiger partial charge in [0.2, 0.25) is 0 Å². The van der Waals surface area contributed by atoms with Gasteiger partial charge in [-0.2, -0.15) is 0 Å². The second kappa shape index (κ2) is 6.57. The molecule has 1 aromatic heterocycles. The Kier molecular flexibility index (Phi) is 4.72. The molecule has 2 aliphatic heterocycles. The molecule has 1 aromatic rings. The first-order chi connectivity index (χ1) is 10.6. The van der Waals surface area contributed by atoms with E-state index in [4.69, 9.17) is 4.74 Å². The highest BCUT2D eigenvalue weighted by molar-refractivity contribution is 7.07. The molecule has 0 unspecified atom stereocenters. The number of hydrogen-bond donors (Lipinski definition) is 1. The average molecular weight is 326 g/mol. The molecule has 0 bridgehead atoms. The largest absolute Gasteiger partial charge is 0.384 e. The minimum atomic E-state index is -1.01. The molecule has 2 saturated heterocycles. The van der Waals surface area contributed by atoms with Crippen LogP contribution < -0.4 is 0 Å². The van der Waals surface area contributed by atoms with Gasteiger partial charge in [-0.25, -0.2) is 0 Å². The van der Waals surface area contributed by atoms with Gasteiger partial charge in [0.05, 0.1) is 25.5 Å². The van der Waals surface area contributed by atoms with E-state index in [1.54, 1.807) is 11.8 Å². The Bertz CT molecular complexity index is 532. The van der Waals surface area contributed by atoms with E-state index in [1.807, 2.05) is 0 Å². The fourth-order valence-corrected chi connectivity index (χ4v) is 3.74. The number of carbonyl (C=O) groups excluding carboxylic acids is 1. The van der Waals surface area contributed by atoms with Gasteiger partial charge in [0, 0.05) is 13.1 Å². The summed E-state index contributed by atoms with van der Waals surface area (Å²) in [7, 11) is 0. The maximum absolute atomic E-state index is 12.6. The number of likely N-dealkylation sites (tertiary alicyclic amines) is 1. The summed E-state index contributed by atoms with van der Waals surface area (Å²) in [5.41, 5.74) is -0.369. The van der Waals surface area contributed by atoms with E-state index in [-0.39, 0.29) is 12.5 Å². The van der Waals surface area contributed by atoms with E-state index < -0.39 is 5.60 Å². The first kappa shape index (κ1) is 15.8. The van der Waals surface area contributed by atoms with Crippen molar-refractivity contribution in [2.24, 2.45) is 0 Å². The summed E-state index contributed by atoms with van der Waals surface area (Å²) in [5.74, 6) is -0.113. The summed E-state index contributed by atoms with van der Waals surface area (Å²) in [6.07, 6.45) is 2.34. The number of amides is 1. The molecule has 0 spiro atoms. The Morgan fingerprint density at radius 2 is 2.18 bits per heavy atom. The number of carbonyl (C=O) groups is 1. The zero-order chi connectivity index (χ0) is 15.6. The first-order valence-electron chi connectivity index (χ1n) is 7.68. The molecule has 3 rings (SSSR count). The standard InChI is InChI=1S/C14H22N4O3S/c1-11-12(22-16-15-11)13(19)18-6-7-21-10-14(20,9-18)8-17-4-2-3-5-17/h20H,2-10H2,1H3/t14-/m1/s1. The highest BCUT2D eigenvalue weighted by Crippen LogP contribution is 2.20. The van der Waals surface area contributed by atoms with Crippen molar-refractivity contribution in [2.75, 3.05) is 45.9 Å². The fraction of sp³-hybridized carbons (Fsp3) is 0.786. The zero-order valence-corrected chi connectivity index (χ0v) is 13.6. The van der Waals surface area contributed by atoms with Gasteiger partial charge in [-0.3, -0.25) is 4.79 Å². The molecule has 2 aliphatic rings. The third-order valence-corrected chi connectivity index (χ3v) is 5.03. The van der Waals surface area contributed by atoms with Crippen molar-refractivity contribution >= 4 is 17.4 Å². The maximum Gasteiger partial charge on any atom is 0.267 e. The Morgan fingerprint density at radius 1 is 1.41 bits per heavy atom. The molecule has 2 fully saturated rings. The van der Waals surface area contributed by atoms with Crippen LogP contribution in [0.5, 0.6) is 0 Å². The van der Waals surface area contributed by atoms with Crippen molar-refractivity contribution < 1.29 is 14.6 Å². The number of nitrogens with zero attached hydrogens (tertiary/aromatic N) is 4. The van der Waals surface area contributed by atoms with Crippen LogP contribution in [0, 0.1) is 6.92 Å². The normalized spacial score (nSPS) is 27.1. The molecule has 1 atom stereocenters. The molecule has 122 valence electrons. The lowest BCUT2D eigenvalue weighted by atomic mass is 10.0. The number of aliphatic hydroxyl groups is 1. The molecule has 0 radical (unpaired) electrons. The highest BCUT2D eigenvalue weighted by Gasteiger charge is 2.37. The second-order valence-electron chi connectivity index (χ2n) is 6.17. The minimum Gasteiger partial charge on any atom is -0.384 e. The van der Waals surface area contributed by atoms with Crippen LogP contribution in [-0.2, 0) is 4.74 Å². The molecule has 0 saturated carbocycles. The molecule has 3 heterocycles. The first-order valence-corrected chi connectivity index (χ1v) is 8.45. The van der Waals surface area contributed by atoms with E-state index in [0.717, 1.165) is 24.6 Å². The van der Waals surface area contributed by atoms with Crippen LogP contribution in [0.1, 0.15) is 28.2 Å². The summed E-state index contributed by atoms with van der Waals surface area (Å²) in [5, 5.41) is 14.8. The van der Waals surface area contributed by atoms with Crippen molar-refractivity contribution in [1.82, 2.24) is 19.4 Å². The lowest BCUT2D eigenvalue weighted by molar-refractivity contribution is -0.0524. The number of aromatic nitrogens is 2. The van der Waals surface area contributed by atoms with Crippen LogP contribution >= 0.6 is 11.5 Å². The Labute approximate surface area is 134 Å². The average Bonchev–Trinajstić information content (AvgIpc) is 3.09. The SMILES string of the molecule is Cc1nnsc1C(=O)N1CCOC[C@@](O)(CN2CCCC2)C1. The molecule has 1 amide bonds. The van der Waals surface area contributed by atoms with Crippen molar-refractivity contribution in [3.8, 4) is 0 Å². The van der Waals surface area contributed by atoms with E-state index >= 15 is 0 Å². The quantitative estimate of drug-likeness (QED) is 0.852. The summed E-state index contributed by atoms with van der Waals surface area (Å²) >= 11 is 1.11. The summed E-state index contributed by atoms with van der Waals surface area (Å²) in [6, 6.07) is 0. The van der Waals surface area contributed by atoms with Crippen molar-refractivity contribution in [3.63, 3.8) is 0 Å². The van der Waals surface area contributed by atoms with Crippen molar-refractivity contribution in [2.45, 2.75) is 25.4 Å². The predicted molar refractivity (Wildman–Crippen MR) is 82.0 cm³/mol.